The molecular formula is C12H23NO. The minimum Gasteiger partial charge on any atom is -0.396 e. The van der Waals surface area contributed by atoms with Crippen molar-refractivity contribution in [1.29, 1.82) is 0 Å². The van der Waals surface area contributed by atoms with E-state index in [1.807, 2.05) is 0 Å². The number of hydrogen-bond donors (Lipinski definition) is 2. The maximum absolute atomic E-state index is 9.49. The first-order valence-electron chi connectivity index (χ1n) is 5.72. The molecule has 82 valence electrons. The molecule has 0 amide bonds. The van der Waals surface area contributed by atoms with Gasteiger partial charge >= 0.3 is 0 Å². The molecule has 2 saturated carbocycles. The third kappa shape index (κ3) is 1.10. The van der Waals surface area contributed by atoms with Gasteiger partial charge < -0.3 is 10.8 Å². The molecule has 0 bridgehead atoms. The van der Waals surface area contributed by atoms with Crippen LogP contribution in [-0.4, -0.2) is 18.3 Å². The molecule has 2 aliphatic carbocycles. The Morgan fingerprint density at radius 3 is 2.29 bits per heavy atom. The van der Waals surface area contributed by atoms with Crippen LogP contribution in [0.5, 0.6) is 0 Å². The van der Waals surface area contributed by atoms with Crippen molar-refractivity contribution in [3.8, 4) is 0 Å². The Morgan fingerprint density at radius 1 is 1.36 bits per heavy atom. The van der Waals surface area contributed by atoms with Crippen molar-refractivity contribution < 1.29 is 5.11 Å². The monoisotopic (exact) mass is 197 g/mol. The van der Waals surface area contributed by atoms with Gasteiger partial charge in [0.05, 0.1) is 6.61 Å². The van der Waals surface area contributed by atoms with E-state index in [0.717, 1.165) is 12.3 Å². The van der Waals surface area contributed by atoms with Crippen molar-refractivity contribution in [2.24, 2.45) is 27.9 Å². The number of nitrogens with two attached hydrogens (primary N) is 1. The van der Waals surface area contributed by atoms with Gasteiger partial charge in [-0.1, -0.05) is 20.8 Å². The summed E-state index contributed by atoms with van der Waals surface area (Å²) in [5, 5.41) is 9.49. The van der Waals surface area contributed by atoms with Crippen LogP contribution in [0.25, 0.3) is 0 Å². The lowest BCUT2D eigenvalue weighted by atomic mass is 9.83. The van der Waals surface area contributed by atoms with Crippen LogP contribution >= 0.6 is 0 Å². The topological polar surface area (TPSA) is 46.2 Å². The summed E-state index contributed by atoms with van der Waals surface area (Å²) in [6.07, 6.45) is 3.69. The highest BCUT2D eigenvalue weighted by Crippen LogP contribution is 2.76. The van der Waals surface area contributed by atoms with Crippen LogP contribution < -0.4 is 5.73 Å². The van der Waals surface area contributed by atoms with Gasteiger partial charge in [0.15, 0.2) is 0 Å². The van der Waals surface area contributed by atoms with Crippen molar-refractivity contribution in [1.82, 2.24) is 0 Å². The Labute approximate surface area is 86.9 Å². The summed E-state index contributed by atoms with van der Waals surface area (Å²) in [6, 6.07) is 0. The highest BCUT2D eigenvalue weighted by atomic mass is 16.3. The highest BCUT2D eigenvalue weighted by Gasteiger charge is 2.71. The highest BCUT2D eigenvalue weighted by molar-refractivity contribution is 5.21. The maximum atomic E-state index is 9.49. The van der Waals surface area contributed by atoms with Crippen LogP contribution in [0.4, 0.5) is 0 Å². The van der Waals surface area contributed by atoms with Gasteiger partial charge in [-0.15, -0.1) is 0 Å². The molecule has 0 radical (unpaired) electrons. The van der Waals surface area contributed by atoms with Crippen molar-refractivity contribution in [3.05, 3.63) is 0 Å². The quantitative estimate of drug-likeness (QED) is 0.708. The van der Waals surface area contributed by atoms with Gasteiger partial charge in [0, 0.05) is 12.0 Å². The lowest BCUT2D eigenvalue weighted by Crippen LogP contribution is -2.28. The lowest BCUT2D eigenvalue weighted by molar-refractivity contribution is 0.155. The molecule has 0 aromatic rings. The molecule has 2 nitrogen and oxygen atoms in total. The largest absolute Gasteiger partial charge is 0.396 e. The number of hydrogen-bond acceptors (Lipinski definition) is 2. The molecule has 3 atom stereocenters. The molecule has 2 heteroatoms. The van der Waals surface area contributed by atoms with Gasteiger partial charge in [0.25, 0.3) is 0 Å². The Morgan fingerprint density at radius 2 is 2.00 bits per heavy atom. The maximum Gasteiger partial charge on any atom is 0.0505 e. The number of rotatable bonds is 2. The summed E-state index contributed by atoms with van der Waals surface area (Å²) in [5.74, 6) is 0.730. The molecule has 0 saturated heterocycles. The van der Waals surface area contributed by atoms with Gasteiger partial charge in [-0.05, 0) is 36.0 Å². The fourth-order valence-corrected chi connectivity index (χ4v) is 4.18. The zero-order valence-corrected chi connectivity index (χ0v) is 9.64. The smallest absolute Gasteiger partial charge is 0.0505 e. The van der Waals surface area contributed by atoms with Crippen molar-refractivity contribution in [2.75, 3.05) is 13.2 Å². The molecule has 2 rings (SSSR count). The lowest BCUT2D eigenvalue weighted by Gasteiger charge is -2.23. The summed E-state index contributed by atoms with van der Waals surface area (Å²) >= 11 is 0. The minimum atomic E-state index is 0.0696. The SMILES string of the molecule is CC1CC(C)(C)CC12CC2(CN)CO. The van der Waals surface area contributed by atoms with Crippen LogP contribution in [0.15, 0.2) is 0 Å². The van der Waals surface area contributed by atoms with Crippen molar-refractivity contribution in [3.63, 3.8) is 0 Å². The number of aliphatic hydroxyl groups excluding tert-OH is 1. The Bertz CT molecular complexity index is 245. The molecule has 14 heavy (non-hydrogen) atoms. The van der Waals surface area contributed by atoms with Crippen molar-refractivity contribution in [2.45, 2.75) is 40.0 Å². The average Bonchev–Trinajstić information content (AvgIpc) is 2.66. The predicted octanol–water partition coefficient (Wildman–Crippen LogP) is 1.77. The Kier molecular flexibility index (Phi) is 2.04. The molecule has 3 unspecified atom stereocenters. The number of aliphatic hydroxyl groups is 1. The van der Waals surface area contributed by atoms with E-state index in [-0.39, 0.29) is 12.0 Å². The molecule has 0 aromatic heterocycles. The van der Waals surface area contributed by atoms with Gasteiger partial charge in [-0.2, -0.15) is 0 Å². The molecule has 0 aromatic carbocycles. The Balaban J connectivity index is 2.21. The summed E-state index contributed by atoms with van der Waals surface area (Å²) < 4.78 is 0. The van der Waals surface area contributed by atoms with E-state index in [1.54, 1.807) is 0 Å². The normalized spacial score (nSPS) is 49.9. The summed E-state index contributed by atoms with van der Waals surface area (Å²) in [4.78, 5) is 0. The van der Waals surface area contributed by atoms with E-state index in [1.165, 1.54) is 12.8 Å². The fraction of sp³-hybridized carbons (Fsp3) is 1.00. The first kappa shape index (κ1) is 10.4. The summed E-state index contributed by atoms with van der Waals surface area (Å²) in [7, 11) is 0. The third-order valence-electron chi connectivity index (χ3n) is 4.87. The van der Waals surface area contributed by atoms with Crippen molar-refractivity contribution >= 4 is 0 Å². The van der Waals surface area contributed by atoms with E-state index in [2.05, 4.69) is 20.8 Å². The second-order valence-corrected chi connectivity index (χ2v) is 6.42. The molecule has 1 spiro atoms. The molecular weight excluding hydrogens is 174 g/mol. The van der Waals surface area contributed by atoms with Gasteiger partial charge in [-0.3, -0.25) is 0 Å². The fourth-order valence-electron chi connectivity index (χ4n) is 4.18. The third-order valence-corrected chi connectivity index (χ3v) is 4.87. The van der Waals surface area contributed by atoms with E-state index >= 15 is 0 Å². The molecule has 3 N–H and O–H groups in total. The van der Waals surface area contributed by atoms with Gasteiger partial charge in [0.2, 0.25) is 0 Å². The zero-order chi connectivity index (χ0) is 10.6. The van der Waals surface area contributed by atoms with E-state index in [9.17, 15) is 5.11 Å². The van der Waals surface area contributed by atoms with E-state index in [4.69, 9.17) is 5.73 Å². The first-order chi connectivity index (χ1) is 6.41. The van der Waals surface area contributed by atoms with Crippen LogP contribution in [-0.2, 0) is 0 Å². The second-order valence-electron chi connectivity index (χ2n) is 6.42. The standard InChI is InChI=1S/C12H23NO/c1-9-4-10(2,3)5-12(9)6-11(12,7-13)8-14/h9,14H,4-8,13H2,1-3H3. The molecule has 2 fully saturated rings. The van der Waals surface area contributed by atoms with Crippen LogP contribution in [0, 0.1) is 22.2 Å². The van der Waals surface area contributed by atoms with E-state index in [0.29, 0.717) is 17.4 Å². The average molecular weight is 197 g/mol. The second kappa shape index (κ2) is 2.73. The molecule has 0 heterocycles. The van der Waals surface area contributed by atoms with Crippen LogP contribution in [0.3, 0.4) is 0 Å². The van der Waals surface area contributed by atoms with Gasteiger partial charge in [0.1, 0.15) is 0 Å². The minimum absolute atomic E-state index is 0.0696. The van der Waals surface area contributed by atoms with E-state index < -0.39 is 0 Å². The van der Waals surface area contributed by atoms with Crippen LogP contribution in [0.2, 0.25) is 0 Å². The summed E-state index contributed by atoms with van der Waals surface area (Å²) in [5.41, 5.74) is 6.72. The molecule has 2 aliphatic rings. The van der Waals surface area contributed by atoms with Crippen LogP contribution in [0.1, 0.15) is 40.0 Å². The summed E-state index contributed by atoms with van der Waals surface area (Å²) in [6.45, 7) is 7.96. The Hall–Kier alpha value is -0.0800. The predicted molar refractivity (Wildman–Crippen MR) is 57.8 cm³/mol. The first-order valence-corrected chi connectivity index (χ1v) is 5.72. The zero-order valence-electron chi connectivity index (χ0n) is 9.64. The van der Waals surface area contributed by atoms with Gasteiger partial charge in [-0.25, -0.2) is 0 Å². The molecule has 0 aliphatic heterocycles.